The third kappa shape index (κ3) is 4.61. The molecule has 23 heavy (non-hydrogen) atoms. The maximum atomic E-state index is 12.1. The van der Waals surface area contributed by atoms with Crippen LogP contribution in [0.1, 0.15) is 11.1 Å². The molecule has 5 heteroatoms. The molecule has 2 rings (SSSR count). The highest BCUT2D eigenvalue weighted by molar-refractivity contribution is 6.06. The molecule has 0 atom stereocenters. The molecule has 0 aliphatic carbocycles. The Morgan fingerprint density at radius 3 is 2.26 bits per heavy atom. The Morgan fingerprint density at radius 1 is 1.09 bits per heavy atom. The molecule has 2 aromatic rings. The van der Waals surface area contributed by atoms with Crippen LogP contribution in [0, 0.1) is 25.2 Å². The van der Waals surface area contributed by atoms with Crippen LogP contribution in [0.5, 0.6) is 0 Å². The molecule has 5 nitrogen and oxygen atoms in total. The van der Waals surface area contributed by atoms with Crippen LogP contribution in [0.25, 0.3) is 0 Å². The normalized spacial score (nSPS) is 10.7. The summed E-state index contributed by atoms with van der Waals surface area (Å²) < 4.78 is 0. The Morgan fingerprint density at radius 2 is 1.70 bits per heavy atom. The second-order valence-electron chi connectivity index (χ2n) is 5.27. The van der Waals surface area contributed by atoms with E-state index in [2.05, 4.69) is 10.6 Å². The number of carbonyl (C=O) groups is 1. The summed E-state index contributed by atoms with van der Waals surface area (Å²) in [6.45, 7) is 3.97. The molecule has 0 bridgehead atoms. The summed E-state index contributed by atoms with van der Waals surface area (Å²) in [4.78, 5) is 12.1. The number of hydrogen-bond donors (Lipinski definition) is 3. The van der Waals surface area contributed by atoms with Crippen molar-refractivity contribution < 1.29 is 4.79 Å². The second kappa shape index (κ2) is 7.14. The van der Waals surface area contributed by atoms with Crippen molar-refractivity contribution in [3.05, 3.63) is 65.4 Å². The monoisotopic (exact) mass is 306 g/mol. The number of hydrogen-bond acceptors (Lipinski definition) is 4. The first-order valence-corrected chi connectivity index (χ1v) is 7.10. The maximum Gasteiger partial charge on any atom is 0.267 e. The number of rotatable bonds is 4. The topological polar surface area (TPSA) is 90.9 Å². The molecular weight excluding hydrogens is 288 g/mol. The van der Waals surface area contributed by atoms with Gasteiger partial charge in [-0.05, 0) is 61.4 Å². The van der Waals surface area contributed by atoms with Crippen LogP contribution in [0.3, 0.4) is 0 Å². The standard InChI is InChI=1S/C18H18N4O/c1-12-7-13(2)9-17(8-12)21-11-14(10-19)18(23)22-16-5-3-15(20)4-6-16/h3-9,11,21H,20H2,1-2H3,(H,22,23)/b14-11-. The van der Waals surface area contributed by atoms with Gasteiger partial charge in [0.15, 0.2) is 0 Å². The van der Waals surface area contributed by atoms with Crippen LogP contribution in [-0.4, -0.2) is 5.91 Å². The van der Waals surface area contributed by atoms with Gasteiger partial charge in [0.2, 0.25) is 0 Å². The molecule has 4 N–H and O–H groups in total. The Labute approximate surface area is 135 Å². The molecule has 2 aromatic carbocycles. The number of benzene rings is 2. The van der Waals surface area contributed by atoms with Gasteiger partial charge in [-0.25, -0.2) is 0 Å². The predicted octanol–water partition coefficient (Wildman–Crippen LogP) is 3.34. The highest BCUT2D eigenvalue weighted by atomic mass is 16.1. The van der Waals surface area contributed by atoms with Crippen molar-refractivity contribution in [2.45, 2.75) is 13.8 Å². The second-order valence-corrected chi connectivity index (χ2v) is 5.27. The van der Waals surface area contributed by atoms with E-state index in [-0.39, 0.29) is 5.57 Å². The number of nitrogen functional groups attached to an aromatic ring is 1. The van der Waals surface area contributed by atoms with Gasteiger partial charge in [0, 0.05) is 23.3 Å². The van der Waals surface area contributed by atoms with E-state index in [0.29, 0.717) is 11.4 Å². The summed E-state index contributed by atoms with van der Waals surface area (Å²) in [5.41, 5.74) is 9.80. The quantitative estimate of drug-likeness (QED) is 0.459. The van der Waals surface area contributed by atoms with Gasteiger partial charge in [0.1, 0.15) is 11.6 Å². The number of nitrogens with one attached hydrogen (secondary N) is 2. The van der Waals surface area contributed by atoms with Crippen LogP contribution in [-0.2, 0) is 4.79 Å². The minimum Gasteiger partial charge on any atom is -0.399 e. The molecule has 0 aromatic heterocycles. The Bertz CT molecular complexity index is 765. The number of amides is 1. The Kier molecular flexibility index (Phi) is 5.00. The fourth-order valence-electron chi connectivity index (χ4n) is 2.13. The number of nitrogens with zero attached hydrogens (tertiary/aromatic N) is 1. The molecule has 0 radical (unpaired) electrons. The van der Waals surface area contributed by atoms with Gasteiger partial charge < -0.3 is 16.4 Å². The lowest BCUT2D eigenvalue weighted by molar-refractivity contribution is -0.112. The maximum absolute atomic E-state index is 12.1. The summed E-state index contributed by atoms with van der Waals surface area (Å²) in [6, 6.07) is 14.5. The van der Waals surface area contributed by atoms with Gasteiger partial charge >= 0.3 is 0 Å². The van der Waals surface area contributed by atoms with E-state index in [4.69, 9.17) is 11.0 Å². The summed E-state index contributed by atoms with van der Waals surface area (Å²) in [5, 5.41) is 14.8. The van der Waals surface area contributed by atoms with Gasteiger partial charge in [0.05, 0.1) is 0 Å². The molecular formula is C18H18N4O. The minimum absolute atomic E-state index is 0.0130. The first-order chi connectivity index (χ1) is 11.0. The van der Waals surface area contributed by atoms with Crippen LogP contribution in [0.4, 0.5) is 17.1 Å². The van der Waals surface area contributed by atoms with Crippen LogP contribution < -0.4 is 16.4 Å². The first kappa shape index (κ1) is 16.1. The lowest BCUT2D eigenvalue weighted by Crippen LogP contribution is -2.14. The van der Waals surface area contributed by atoms with Crippen LogP contribution in [0.2, 0.25) is 0 Å². The van der Waals surface area contributed by atoms with E-state index in [0.717, 1.165) is 16.8 Å². The van der Waals surface area contributed by atoms with E-state index < -0.39 is 5.91 Å². The highest BCUT2D eigenvalue weighted by Crippen LogP contribution is 2.15. The average molecular weight is 306 g/mol. The van der Waals surface area contributed by atoms with E-state index in [1.54, 1.807) is 24.3 Å². The van der Waals surface area contributed by atoms with E-state index in [1.165, 1.54) is 6.20 Å². The van der Waals surface area contributed by atoms with Gasteiger partial charge in [-0.2, -0.15) is 5.26 Å². The van der Waals surface area contributed by atoms with E-state index in [1.807, 2.05) is 38.1 Å². The average Bonchev–Trinajstić information content (AvgIpc) is 2.49. The number of aryl methyl sites for hydroxylation is 2. The zero-order chi connectivity index (χ0) is 16.8. The van der Waals surface area contributed by atoms with E-state index in [9.17, 15) is 4.79 Å². The van der Waals surface area contributed by atoms with Crippen LogP contribution >= 0.6 is 0 Å². The lowest BCUT2D eigenvalue weighted by Gasteiger charge is -2.07. The van der Waals surface area contributed by atoms with Crippen molar-refractivity contribution in [1.82, 2.24) is 0 Å². The van der Waals surface area contributed by atoms with Crippen molar-refractivity contribution in [2.24, 2.45) is 0 Å². The molecule has 0 saturated heterocycles. The zero-order valence-electron chi connectivity index (χ0n) is 13.1. The molecule has 116 valence electrons. The highest BCUT2D eigenvalue weighted by Gasteiger charge is 2.09. The Balaban J connectivity index is 2.10. The molecule has 0 saturated carbocycles. The lowest BCUT2D eigenvalue weighted by atomic mass is 10.1. The van der Waals surface area contributed by atoms with Gasteiger partial charge in [-0.1, -0.05) is 6.07 Å². The van der Waals surface area contributed by atoms with Gasteiger partial charge in [-0.3, -0.25) is 4.79 Å². The van der Waals surface area contributed by atoms with Gasteiger partial charge in [0.25, 0.3) is 5.91 Å². The third-order valence-electron chi connectivity index (χ3n) is 3.14. The first-order valence-electron chi connectivity index (χ1n) is 7.10. The molecule has 1 amide bonds. The number of nitriles is 1. The summed E-state index contributed by atoms with van der Waals surface area (Å²) >= 11 is 0. The molecule has 0 aliphatic rings. The Hall–Kier alpha value is -3.26. The van der Waals surface area contributed by atoms with E-state index >= 15 is 0 Å². The van der Waals surface area contributed by atoms with Gasteiger partial charge in [-0.15, -0.1) is 0 Å². The minimum atomic E-state index is -0.478. The smallest absolute Gasteiger partial charge is 0.267 e. The summed E-state index contributed by atoms with van der Waals surface area (Å²) in [5.74, 6) is -0.478. The molecule has 0 heterocycles. The number of nitrogens with two attached hydrogens (primary N) is 1. The predicted molar refractivity (Wildman–Crippen MR) is 92.7 cm³/mol. The van der Waals surface area contributed by atoms with Crippen LogP contribution in [0.15, 0.2) is 54.2 Å². The zero-order valence-corrected chi connectivity index (χ0v) is 13.1. The van der Waals surface area contributed by atoms with Crippen molar-refractivity contribution >= 4 is 23.0 Å². The fourth-order valence-corrected chi connectivity index (χ4v) is 2.13. The molecule has 0 fully saturated rings. The molecule has 0 spiro atoms. The fraction of sp³-hybridized carbons (Fsp3) is 0.111. The van der Waals surface area contributed by atoms with Crippen molar-refractivity contribution in [2.75, 3.05) is 16.4 Å². The summed E-state index contributed by atoms with van der Waals surface area (Å²) in [6.07, 6.45) is 1.40. The van der Waals surface area contributed by atoms with Crippen molar-refractivity contribution in [1.29, 1.82) is 5.26 Å². The third-order valence-corrected chi connectivity index (χ3v) is 3.14. The summed E-state index contributed by atoms with van der Waals surface area (Å²) in [7, 11) is 0. The van der Waals surface area contributed by atoms with Crippen molar-refractivity contribution in [3.8, 4) is 6.07 Å². The largest absolute Gasteiger partial charge is 0.399 e. The SMILES string of the molecule is Cc1cc(C)cc(N/C=C(/C#N)C(=O)Nc2ccc(N)cc2)c1. The van der Waals surface area contributed by atoms with Crippen molar-refractivity contribution in [3.63, 3.8) is 0 Å². The molecule has 0 aliphatic heterocycles. The number of anilines is 3. The number of carbonyl (C=O) groups excluding carboxylic acids is 1. The molecule has 0 unspecified atom stereocenters.